The van der Waals surface area contributed by atoms with Gasteiger partial charge in [-0.3, -0.25) is 9.79 Å². The number of likely N-dealkylation sites (tertiary alicyclic amines) is 1. The Kier molecular flexibility index (Phi) is 12.4. The molecule has 0 aromatic rings. The molecule has 0 radical (unpaired) electrons. The van der Waals surface area contributed by atoms with Crippen molar-refractivity contribution in [1.29, 1.82) is 0 Å². The third-order valence-electron chi connectivity index (χ3n) is 6.27. The van der Waals surface area contributed by atoms with Crippen LogP contribution in [0.25, 0.3) is 0 Å². The highest BCUT2D eigenvalue weighted by molar-refractivity contribution is 14.0. The van der Waals surface area contributed by atoms with Crippen LogP contribution in [0.1, 0.15) is 78.1 Å². The second-order valence-corrected chi connectivity index (χ2v) is 8.20. The summed E-state index contributed by atoms with van der Waals surface area (Å²) in [6.07, 6.45) is 10.7. The van der Waals surface area contributed by atoms with Crippen LogP contribution in [-0.2, 0) is 4.79 Å². The number of carbonyl (C=O) groups is 1. The van der Waals surface area contributed by atoms with Gasteiger partial charge in [-0.05, 0) is 50.9 Å². The lowest BCUT2D eigenvalue weighted by molar-refractivity contribution is -0.129. The van der Waals surface area contributed by atoms with E-state index < -0.39 is 0 Å². The van der Waals surface area contributed by atoms with Crippen LogP contribution >= 0.6 is 24.0 Å². The van der Waals surface area contributed by atoms with E-state index in [1.807, 2.05) is 0 Å². The van der Waals surface area contributed by atoms with Gasteiger partial charge in [0.05, 0.1) is 0 Å². The molecule has 0 spiro atoms. The van der Waals surface area contributed by atoms with Crippen LogP contribution in [0.2, 0.25) is 0 Å². The first-order valence-electron chi connectivity index (χ1n) is 11.1. The molecule has 0 bridgehead atoms. The predicted octanol–water partition coefficient (Wildman–Crippen LogP) is 3.28. The molecule has 2 aliphatic rings. The molecule has 1 saturated carbocycles. The fourth-order valence-electron chi connectivity index (χ4n) is 4.61. The summed E-state index contributed by atoms with van der Waals surface area (Å²) < 4.78 is 0. The molecule has 0 aromatic heterocycles. The van der Waals surface area contributed by atoms with Crippen molar-refractivity contribution in [2.45, 2.75) is 84.1 Å². The molecule has 1 atom stereocenters. The predicted molar refractivity (Wildman–Crippen MR) is 126 cm³/mol. The number of hydrogen-bond donors (Lipinski definition) is 3. The third-order valence-corrected chi connectivity index (χ3v) is 6.27. The van der Waals surface area contributed by atoms with Crippen molar-refractivity contribution in [2.75, 3.05) is 32.8 Å². The highest BCUT2D eigenvalue weighted by atomic mass is 127. The van der Waals surface area contributed by atoms with Gasteiger partial charge in [0, 0.05) is 45.2 Å². The molecule has 1 amide bonds. The highest BCUT2D eigenvalue weighted by Gasteiger charge is 2.31. The van der Waals surface area contributed by atoms with Gasteiger partial charge in [0.25, 0.3) is 0 Å². The number of nitrogens with one attached hydrogen (secondary N) is 2. The van der Waals surface area contributed by atoms with Crippen molar-refractivity contribution in [3.63, 3.8) is 0 Å². The maximum Gasteiger partial charge on any atom is 0.222 e. The number of aliphatic hydroxyl groups is 1. The first kappa shape index (κ1) is 25.5. The Morgan fingerprint density at radius 3 is 2.54 bits per heavy atom. The number of amides is 1. The molecular weight excluding hydrogens is 467 g/mol. The van der Waals surface area contributed by atoms with Crippen LogP contribution in [0.4, 0.5) is 0 Å². The quantitative estimate of drug-likeness (QED) is 0.241. The molecule has 7 heteroatoms. The normalized spacial score (nSPS) is 20.6. The van der Waals surface area contributed by atoms with E-state index in [-0.39, 0.29) is 36.0 Å². The standard InChI is InChI=1S/C21H40N4O2.HI/c1-3-18(25-15-8-9-19(25)27)10-14-23-20(22-4-2)24-17-21(13-16-26)11-6-5-7-12-21;/h18,26H,3-17H2,1-2H3,(H2,22,23,24);1H. The van der Waals surface area contributed by atoms with Crippen LogP contribution in [-0.4, -0.2) is 60.7 Å². The van der Waals surface area contributed by atoms with Crippen molar-refractivity contribution in [2.24, 2.45) is 10.4 Å². The van der Waals surface area contributed by atoms with Gasteiger partial charge in [-0.15, -0.1) is 24.0 Å². The average Bonchev–Trinajstić information content (AvgIpc) is 3.10. The lowest BCUT2D eigenvalue weighted by atomic mass is 9.72. The van der Waals surface area contributed by atoms with Crippen LogP contribution < -0.4 is 10.6 Å². The lowest BCUT2D eigenvalue weighted by Gasteiger charge is -2.35. The number of carbonyl (C=O) groups excluding carboxylic acids is 1. The Balaban J connectivity index is 0.00000392. The fourth-order valence-corrected chi connectivity index (χ4v) is 4.61. The van der Waals surface area contributed by atoms with Gasteiger partial charge in [-0.2, -0.15) is 0 Å². The number of halogens is 1. The van der Waals surface area contributed by atoms with Gasteiger partial charge in [0.1, 0.15) is 0 Å². The van der Waals surface area contributed by atoms with Gasteiger partial charge in [-0.25, -0.2) is 0 Å². The zero-order valence-electron chi connectivity index (χ0n) is 17.8. The number of guanidine groups is 1. The third kappa shape index (κ3) is 7.69. The summed E-state index contributed by atoms with van der Waals surface area (Å²) in [4.78, 5) is 18.9. The van der Waals surface area contributed by atoms with Crippen molar-refractivity contribution in [3.8, 4) is 0 Å². The molecule has 2 rings (SSSR count). The van der Waals surface area contributed by atoms with Gasteiger partial charge in [0.15, 0.2) is 5.96 Å². The van der Waals surface area contributed by atoms with E-state index >= 15 is 0 Å². The van der Waals surface area contributed by atoms with E-state index in [9.17, 15) is 9.90 Å². The van der Waals surface area contributed by atoms with E-state index in [4.69, 9.17) is 4.99 Å². The molecule has 2 fully saturated rings. The van der Waals surface area contributed by atoms with Crippen LogP contribution in [0.15, 0.2) is 4.99 Å². The van der Waals surface area contributed by atoms with E-state index in [1.54, 1.807) is 0 Å². The Bertz CT molecular complexity index is 476. The van der Waals surface area contributed by atoms with Crippen molar-refractivity contribution in [3.05, 3.63) is 0 Å². The molecule has 1 unspecified atom stereocenters. The molecule has 3 N–H and O–H groups in total. The fraction of sp³-hybridized carbons (Fsp3) is 0.905. The molecule has 28 heavy (non-hydrogen) atoms. The minimum absolute atomic E-state index is 0. The van der Waals surface area contributed by atoms with Crippen molar-refractivity contribution >= 4 is 35.8 Å². The maximum atomic E-state index is 12.0. The lowest BCUT2D eigenvalue weighted by Crippen LogP contribution is -2.42. The number of aliphatic imine (C=N–C) groups is 1. The topological polar surface area (TPSA) is 77.0 Å². The highest BCUT2D eigenvalue weighted by Crippen LogP contribution is 2.39. The smallest absolute Gasteiger partial charge is 0.222 e. The second kappa shape index (κ2) is 13.6. The minimum Gasteiger partial charge on any atom is -0.396 e. The van der Waals surface area contributed by atoms with Crippen LogP contribution in [0, 0.1) is 5.41 Å². The number of rotatable bonds is 10. The first-order valence-corrected chi connectivity index (χ1v) is 11.1. The summed E-state index contributed by atoms with van der Waals surface area (Å²) in [5.74, 6) is 1.17. The molecule has 164 valence electrons. The SMILES string of the molecule is CCNC(=NCC1(CCO)CCCCC1)NCCC(CC)N1CCCC1=O.I. The Morgan fingerprint density at radius 1 is 1.21 bits per heavy atom. The van der Waals surface area contributed by atoms with Crippen molar-refractivity contribution in [1.82, 2.24) is 15.5 Å². The summed E-state index contributed by atoms with van der Waals surface area (Å²) in [5, 5.41) is 16.3. The Morgan fingerprint density at radius 2 is 1.96 bits per heavy atom. The summed E-state index contributed by atoms with van der Waals surface area (Å²) in [7, 11) is 0. The summed E-state index contributed by atoms with van der Waals surface area (Å²) in [6, 6.07) is 0.328. The maximum absolute atomic E-state index is 12.0. The zero-order valence-corrected chi connectivity index (χ0v) is 20.2. The first-order chi connectivity index (χ1) is 13.1. The van der Waals surface area contributed by atoms with Gasteiger partial charge >= 0.3 is 0 Å². The zero-order chi connectivity index (χ0) is 19.5. The van der Waals surface area contributed by atoms with Gasteiger partial charge < -0.3 is 20.6 Å². The van der Waals surface area contributed by atoms with E-state index in [0.29, 0.717) is 18.4 Å². The minimum atomic E-state index is 0. The molecular formula is C21H41IN4O2. The van der Waals surface area contributed by atoms with Crippen molar-refractivity contribution < 1.29 is 9.90 Å². The Labute approximate surface area is 188 Å². The molecule has 1 heterocycles. The van der Waals surface area contributed by atoms with Crippen LogP contribution in [0.3, 0.4) is 0 Å². The monoisotopic (exact) mass is 508 g/mol. The number of hydrogen-bond acceptors (Lipinski definition) is 3. The summed E-state index contributed by atoms with van der Waals surface area (Å²) in [6.45, 7) is 7.85. The molecule has 1 aliphatic heterocycles. The summed E-state index contributed by atoms with van der Waals surface area (Å²) >= 11 is 0. The van der Waals surface area contributed by atoms with Gasteiger partial charge in [0.2, 0.25) is 5.91 Å². The number of aliphatic hydroxyl groups excluding tert-OH is 1. The van der Waals surface area contributed by atoms with E-state index in [0.717, 1.165) is 57.8 Å². The van der Waals surface area contributed by atoms with E-state index in [1.165, 1.54) is 32.1 Å². The van der Waals surface area contributed by atoms with Crippen LogP contribution in [0.5, 0.6) is 0 Å². The molecule has 1 saturated heterocycles. The summed E-state index contributed by atoms with van der Waals surface area (Å²) in [5.41, 5.74) is 0.170. The second-order valence-electron chi connectivity index (χ2n) is 8.20. The molecule has 6 nitrogen and oxygen atoms in total. The number of nitrogens with zero attached hydrogens (tertiary/aromatic N) is 2. The van der Waals surface area contributed by atoms with Gasteiger partial charge in [-0.1, -0.05) is 26.2 Å². The largest absolute Gasteiger partial charge is 0.396 e. The Hall–Kier alpha value is -0.570. The average molecular weight is 508 g/mol. The molecule has 1 aliphatic carbocycles. The van der Waals surface area contributed by atoms with E-state index in [2.05, 4.69) is 29.4 Å². The molecule has 0 aromatic carbocycles.